The second-order valence-electron chi connectivity index (χ2n) is 9.41. The molecule has 0 amide bonds. The monoisotopic (exact) mass is 486 g/mol. The Morgan fingerprint density at radius 1 is 0.595 bits per heavy atom. The van der Waals surface area contributed by atoms with Crippen LogP contribution in [0.15, 0.2) is 121 Å². The van der Waals surface area contributed by atoms with Crippen molar-refractivity contribution in [2.75, 3.05) is 0 Å². The van der Waals surface area contributed by atoms with E-state index in [0.29, 0.717) is 11.5 Å². The Kier molecular flexibility index (Phi) is 7.37. The van der Waals surface area contributed by atoms with E-state index < -0.39 is 0 Å². The van der Waals surface area contributed by atoms with Gasteiger partial charge in [0.05, 0.1) is 0 Å². The van der Waals surface area contributed by atoms with Crippen LogP contribution >= 0.6 is 0 Å². The Labute approximate surface area is 217 Å². The highest BCUT2D eigenvalue weighted by atomic mass is 19.1. The molecule has 37 heavy (non-hydrogen) atoms. The van der Waals surface area contributed by atoms with Gasteiger partial charge in [0.25, 0.3) is 0 Å². The molecule has 0 aromatic heterocycles. The summed E-state index contributed by atoms with van der Waals surface area (Å²) in [5, 5.41) is 0. The Hall–Kier alpha value is -4.30. The lowest BCUT2D eigenvalue weighted by molar-refractivity contribution is 0.625. The third-order valence-electron chi connectivity index (χ3n) is 6.74. The fourth-order valence-corrected chi connectivity index (χ4v) is 4.54. The van der Waals surface area contributed by atoms with E-state index in [4.69, 9.17) is 0 Å². The second-order valence-corrected chi connectivity index (χ2v) is 9.41. The first-order valence-corrected chi connectivity index (χ1v) is 12.5. The largest absolute Gasteiger partial charge is 0.207 e. The highest BCUT2D eigenvalue weighted by Crippen LogP contribution is 2.26. The summed E-state index contributed by atoms with van der Waals surface area (Å²) in [4.78, 5) is 0. The fourth-order valence-electron chi connectivity index (χ4n) is 4.54. The summed E-state index contributed by atoms with van der Waals surface area (Å²) in [7, 11) is 0. The van der Waals surface area contributed by atoms with Gasteiger partial charge in [0.1, 0.15) is 11.6 Å². The molecule has 0 aliphatic rings. The second kappa shape index (κ2) is 11.2. The molecule has 0 aliphatic carbocycles. The van der Waals surface area contributed by atoms with Crippen LogP contribution in [0.4, 0.5) is 8.78 Å². The summed E-state index contributed by atoms with van der Waals surface area (Å²) in [6, 6.07) is 38.8. The van der Waals surface area contributed by atoms with E-state index in [2.05, 4.69) is 73.7 Å². The van der Waals surface area contributed by atoms with Crippen molar-refractivity contribution in [3.8, 4) is 22.3 Å². The van der Waals surface area contributed by atoms with Crippen molar-refractivity contribution >= 4 is 12.2 Å². The maximum absolute atomic E-state index is 14.7. The van der Waals surface area contributed by atoms with E-state index in [-0.39, 0.29) is 11.6 Å². The molecule has 0 heterocycles. The van der Waals surface area contributed by atoms with Crippen LogP contribution in [0.5, 0.6) is 0 Å². The van der Waals surface area contributed by atoms with E-state index in [1.165, 1.54) is 34.9 Å². The zero-order valence-electron chi connectivity index (χ0n) is 20.7. The molecule has 0 fully saturated rings. The van der Waals surface area contributed by atoms with Gasteiger partial charge < -0.3 is 0 Å². The number of halogens is 2. The first-order valence-electron chi connectivity index (χ1n) is 12.5. The smallest absolute Gasteiger partial charge is 0.131 e. The molecule has 5 aromatic carbocycles. The summed E-state index contributed by atoms with van der Waals surface area (Å²) in [5.41, 5.74) is 8.02. The first kappa shape index (κ1) is 24.4. The van der Waals surface area contributed by atoms with Gasteiger partial charge in [-0.25, -0.2) is 8.78 Å². The maximum atomic E-state index is 14.7. The Morgan fingerprint density at radius 3 is 1.81 bits per heavy atom. The van der Waals surface area contributed by atoms with Gasteiger partial charge in [-0.15, -0.1) is 0 Å². The molecule has 2 heteroatoms. The minimum atomic E-state index is -0.309. The maximum Gasteiger partial charge on any atom is 0.131 e. The van der Waals surface area contributed by atoms with Crippen molar-refractivity contribution < 1.29 is 8.78 Å². The molecule has 5 aromatic rings. The zero-order valence-corrected chi connectivity index (χ0v) is 20.7. The summed E-state index contributed by atoms with van der Waals surface area (Å²) in [6.07, 6.45) is 4.70. The summed E-state index contributed by atoms with van der Waals surface area (Å²) in [6.45, 7) is 2.27. The minimum Gasteiger partial charge on any atom is -0.207 e. The minimum absolute atomic E-state index is 0.305. The average molecular weight is 487 g/mol. The van der Waals surface area contributed by atoms with Crippen LogP contribution in [0.25, 0.3) is 34.4 Å². The van der Waals surface area contributed by atoms with Crippen molar-refractivity contribution in [3.63, 3.8) is 0 Å². The van der Waals surface area contributed by atoms with Crippen LogP contribution < -0.4 is 0 Å². The van der Waals surface area contributed by atoms with Crippen molar-refractivity contribution in [2.24, 2.45) is 0 Å². The van der Waals surface area contributed by atoms with Gasteiger partial charge >= 0.3 is 0 Å². The van der Waals surface area contributed by atoms with Crippen LogP contribution in [0.1, 0.15) is 35.1 Å². The van der Waals surface area contributed by atoms with Gasteiger partial charge in [-0.2, -0.15) is 0 Å². The molecule has 0 aliphatic heterocycles. The van der Waals surface area contributed by atoms with Crippen molar-refractivity contribution in [2.45, 2.75) is 19.3 Å². The van der Waals surface area contributed by atoms with E-state index in [1.807, 2.05) is 24.3 Å². The molecule has 1 unspecified atom stereocenters. The predicted octanol–water partition coefficient (Wildman–Crippen LogP) is 9.82. The van der Waals surface area contributed by atoms with Crippen LogP contribution in [0.3, 0.4) is 0 Å². The average Bonchev–Trinajstić information content (AvgIpc) is 2.94. The number of hydrogen-bond donors (Lipinski definition) is 0. The predicted molar refractivity (Wildman–Crippen MR) is 151 cm³/mol. The molecule has 182 valence electrons. The molecule has 1 atom stereocenters. The zero-order chi connectivity index (χ0) is 25.6. The molecule has 0 saturated heterocycles. The molecular formula is C35H28F2. The third kappa shape index (κ3) is 6.10. The topological polar surface area (TPSA) is 0 Å². The lowest BCUT2D eigenvalue weighted by Crippen LogP contribution is -1.98. The Bertz CT molecular complexity index is 1480. The summed E-state index contributed by atoms with van der Waals surface area (Å²) >= 11 is 0. The van der Waals surface area contributed by atoms with E-state index in [0.717, 1.165) is 28.7 Å². The molecule has 0 N–H and O–H groups in total. The SMILES string of the molecule is CC(Cc1ccc(-c2ccc(/C=C/c3ccc(-c4ccc(F)cc4)cc3F)cc2)cc1)c1ccccc1. The first-order chi connectivity index (χ1) is 18.0. The summed E-state index contributed by atoms with van der Waals surface area (Å²) in [5.74, 6) is -0.140. The van der Waals surface area contributed by atoms with E-state index >= 15 is 0 Å². The number of benzene rings is 5. The quantitative estimate of drug-likeness (QED) is 0.201. The van der Waals surface area contributed by atoms with Crippen molar-refractivity contribution in [3.05, 3.63) is 155 Å². The highest BCUT2D eigenvalue weighted by molar-refractivity contribution is 5.74. The van der Waals surface area contributed by atoms with Gasteiger partial charge in [-0.3, -0.25) is 0 Å². The number of hydrogen-bond acceptors (Lipinski definition) is 0. The van der Waals surface area contributed by atoms with Crippen LogP contribution in [0, 0.1) is 11.6 Å². The standard InChI is InChI=1S/C35H28F2/c1-25(28-5-3-2-4-6-28)23-27-10-14-30(15-11-27)29-12-7-26(8-13-29)9-16-32-17-18-33(24-35(32)37)31-19-21-34(36)22-20-31/h2-22,24-25H,23H2,1H3/b16-9+. The van der Waals surface area contributed by atoms with Gasteiger partial charge in [-0.1, -0.05) is 122 Å². The normalized spacial score (nSPS) is 12.1. The fraction of sp³-hybridized carbons (Fsp3) is 0.0857. The molecular weight excluding hydrogens is 458 g/mol. The Balaban J connectivity index is 1.23. The Morgan fingerprint density at radius 2 is 1.16 bits per heavy atom. The molecule has 0 bridgehead atoms. The molecule has 0 saturated carbocycles. The van der Waals surface area contributed by atoms with Gasteiger partial charge in [0, 0.05) is 5.56 Å². The molecule has 5 rings (SSSR count). The van der Waals surface area contributed by atoms with Crippen molar-refractivity contribution in [1.82, 2.24) is 0 Å². The summed E-state index contributed by atoms with van der Waals surface area (Å²) < 4.78 is 27.8. The van der Waals surface area contributed by atoms with E-state index in [9.17, 15) is 8.78 Å². The van der Waals surface area contributed by atoms with Crippen LogP contribution in [0.2, 0.25) is 0 Å². The third-order valence-corrected chi connectivity index (χ3v) is 6.74. The van der Waals surface area contributed by atoms with Gasteiger partial charge in [-0.05, 0) is 69.5 Å². The molecule has 0 radical (unpaired) electrons. The molecule has 0 spiro atoms. The lowest BCUT2D eigenvalue weighted by atomic mass is 9.93. The van der Waals surface area contributed by atoms with Crippen LogP contribution in [-0.4, -0.2) is 0 Å². The number of rotatable bonds is 7. The van der Waals surface area contributed by atoms with Gasteiger partial charge in [0.15, 0.2) is 0 Å². The van der Waals surface area contributed by atoms with Crippen molar-refractivity contribution in [1.29, 1.82) is 0 Å². The molecule has 0 nitrogen and oxygen atoms in total. The lowest BCUT2D eigenvalue weighted by Gasteiger charge is -2.12. The highest BCUT2D eigenvalue weighted by Gasteiger charge is 2.07. The van der Waals surface area contributed by atoms with Gasteiger partial charge in [0.2, 0.25) is 0 Å². The van der Waals surface area contributed by atoms with E-state index in [1.54, 1.807) is 24.3 Å². The van der Waals surface area contributed by atoms with Crippen LogP contribution in [-0.2, 0) is 6.42 Å².